The Hall–Kier alpha value is -1.84. The van der Waals surface area contributed by atoms with Crippen LogP contribution >= 0.6 is 0 Å². The number of hydrogen-bond acceptors (Lipinski definition) is 4. The van der Waals surface area contributed by atoms with Crippen LogP contribution in [-0.2, 0) is 14.3 Å². The molecular formula is C10H8O4. The number of benzene rings is 1. The summed E-state index contributed by atoms with van der Waals surface area (Å²) in [5.74, 6) is -0.925. The monoisotopic (exact) mass is 192 g/mol. The summed E-state index contributed by atoms with van der Waals surface area (Å²) in [5.41, 5.74) is 1.06. The van der Waals surface area contributed by atoms with E-state index < -0.39 is 18.2 Å². The second kappa shape index (κ2) is 3.14. The minimum Gasteiger partial charge on any atom is -0.421 e. The summed E-state index contributed by atoms with van der Waals surface area (Å²) in [4.78, 5) is 21.9. The van der Waals surface area contributed by atoms with Gasteiger partial charge in [0.05, 0.1) is 5.56 Å². The van der Waals surface area contributed by atoms with Crippen molar-refractivity contribution >= 4 is 11.9 Å². The molecule has 1 aromatic carbocycles. The topological polar surface area (TPSA) is 52.6 Å². The van der Waals surface area contributed by atoms with Crippen LogP contribution in [0.25, 0.3) is 0 Å². The van der Waals surface area contributed by atoms with Gasteiger partial charge < -0.3 is 9.47 Å². The van der Waals surface area contributed by atoms with E-state index in [0.717, 1.165) is 0 Å². The van der Waals surface area contributed by atoms with Gasteiger partial charge in [-0.3, -0.25) is 4.79 Å². The summed E-state index contributed by atoms with van der Waals surface area (Å²) in [7, 11) is 0. The van der Waals surface area contributed by atoms with Crippen molar-refractivity contribution in [3.8, 4) is 0 Å². The molecule has 0 saturated heterocycles. The molecular weight excluding hydrogens is 184 g/mol. The Bertz CT molecular complexity index is 395. The van der Waals surface area contributed by atoms with Crippen LogP contribution < -0.4 is 0 Å². The molecule has 0 fully saturated rings. The third-order valence-electron chi connectivity index (χ3n) is 1.92. The lowest BCUT2D eigenvalue weighted by Gasteiger charge is -2.09. The summed E-state index contributed by atoms with van der Waals surface area (Å²) >= 11 is 0. The van der Waals surface area contributed by atoms with Crippen molar-refractivity contribution in [1.82, 2.24) is 0 Å². The molecule has 0 spiro atoms. The zero-order chi connectivity index (χ0) is 10.1. The molecule has 1 heterocycles. The molecule has 2 rings (SSSR count). The van der Waals surface area contributed by atoms with Gasteiger partial charge in [0.15, 0.2) is 0 Å². The molecule has 1 aromatic rings. The predicted molar refractivity (Wildman–Crippen MR) is 46.4 cm³/mol. The van der Waals surface area contributed by atoms with Gasteiger partial charge in [-0.15, -0.1) is 0 Å². The summed E-state index contributed by atoms with van der Waals surface area (Å²) in [5, 5.41) is 0. The molecule has 0 unspecified atom stereocenters. The van der Waals surface area contributed by atoms with E-state index in [1.807, 2.05) is 0 Å². The second-order valence-electron chi connectivity index (χ2n) is 2.93. The van der Waals surface area contributed by atoms with Crippen LogP contribution in [0.5, 0.6) is 0 Å². The number of cyclic esters (lactones) is 1. The molecule has 72 valence electrons. The summed E-state index contributed by atoms with van der Waals surface area (Å²) in [6.45, 7) is 1.27. The van der Waals surface area contributed by atoms with Gasteiger partial charge in [0.25, 0.3) is 6.29 Å². The van der Waals surface area contributed by atoms with Gasteiger partial charge in [-0.05, 0) is 6.07 Å². The maximum atomic E-state index is 11.2. The van der Waals surface area contributed by atoms with Gasteiger partial charge in [0.1, 0.15) is 0 Å². The van der Waals surface area contributed by atoms with Gasteiger partial charge >= 0.3 is 11.9 Å². The molecule has 0 N–H and O–H groups in total. The van der Waals surface area contributed by atoms with E-state index >= 15 is 0 Å². The largest absolute Gasteiger partial charge is 0.421 e. The summed E-state index contributed by atoms with van der Waals surface area (Å²) in [6, 6.07) is 6.84. The lowest BCUT2D eigenvalue weighted by atomic mass is 10.1. The van der Waals surface area contributed by atoms with Crippen LogP contribution in [-0.4, -0.2) is 11.9 Å². The molecule has 0 aliphatic carbocycles. The third kappa shape index (κ3) is 1.35. The first-order valence-corrected chi connectivity index (χ1v) is 4.15. The van der Waals surface area contributed by atoms with Crippen molar-refractivity contribution < 1.29 is 19.1 Å². The van der Waals surface area contributed by atoms with Crippen LogP contribution in [0, 0.1) is 0 Å². The highest BCUT2D eigenvalue weighted by molar-refractivity contribution is 5.94. The third-order valence-corrected chi connectivity index (χ3v) is 1.92. The van der Waals surface area contributed by atoms with Crippen molar-refractivity contribution in [3.63, 3.8) is 0 Å². The van der Waals surface area contributed by atoms with Crippen molar-refractivity contribution in [2.45, 2.75) is 13.2 Å². The zero-order valence-corrected chi connectivity index (χ0v) is 7.52. The Morgan fingerprint density at radius 3 is 2.86 bits per heavy atom. The highest BCUT2D eigenvalue weighted by atomic mass is 16.7. The average Bonchev–Trinajstić information content (AvgIpc) is 2.44. The lowest BCUT2D eigenvalue weighted by molar-refractivity contribution is -0.164. The van der Waals surface area contributed by atoms with Crippen molar-refractivity contribution in [3.05, 3.63) is 35.4 Å². The van der Waals surface area contributed by atoms with Gasteiger partial charge in [0.2, 0.25) is 0 Å². The van der Waals surface area contributed by atoms with Crippen LogP contribution in [0.2, 0.25) is 0 Å². The Morgan fingerprint density at radius 1 is 1.43 bits per heavy atom. The first kappa shape index (κ1) is 8.74. The first-order chi connectivity index (χ1) is 6.68. The van der Waals surface area contributed by atoms with E-state index in [1.54, 1.807) is 24.3 Å². The van der Waals surface area contributed by atoms with Gasteiger partial charge in [-0.2, -0.15) is 0 Å². The molecule has 0 radical (unpaired) electrons. The van der Waals surface area contributed by atoms with Crippen molar-refractivity contribution in [2.75, 3.05) is 0 Å². The second-order valence-corrected chi connectivity index (χ2v) is 2.93. The molecule has 1 aliphatic rings. The molecule has 4 heteroatoms. The molecule has 1 aliphatic heterocycles. The van der Waals surface area contributed by atoms with Crippen molar-refractivity contribution in [1.29, 1.82) is 0 Å². The highest BCUT2D eigenvalue weighted by Gasteiger charge is 2.32. The van der Waals surface area contributed by atoms with Gasteiger partial charge in [-0.1, -0.05) is 18.2 Å². The predicted octanol–water partition coefficient (Wildman–Crippen LogP) is 1.42. The lowest BCUT2D eigenvalue weighted by Crippen LogP contribution is -2.07. The Balaban J connectivity index is 2.34. The quantitative estimate of drug-likeness (QED) is 0.631. The van der Waals surface area contributed by atoms with E-state index in [9.17, 15) is 9.59 Å². The number of ether oxygens (including phenoxy) is 2. The van der Waals surface area contributed by atoms with Crippen LogP contribution in [0.3, 0.4) is 0 Å². The molecule has 1 atom stereocenters. The fourth-order valence-electron chi connectivity index (χ4n) is 1.35. The maximum absolute atomic E-state index is 11.2. The Kier molecular flexibility index (Phi) is 1.96. The number of rotatable bonds is 1. The average molecular weight is 192 g/mol. The van der Waals surface area contributed by atoms with Crippen LogP contribution in [0.15, 0.2) is 24.3 Å². The normalized spacial score (nSPS) is 18.6. The Morgan fingerprint density at radius 2 is 2.14 bits per heavy atom. The minimum atomic E-state index is -0.879. The minimum absolute atomic E-state index is 0.452. The molecule has 4 nitrogen and oxygen atoms in total. The smallest absolute Gasteiger partial charge is 0.342 e. The number of esters is 2. The molecule has 0 bridgehead atoms. The van der Waals surface area contributed by atoms with Crippen LogP contribution in [0.1, 0.15) is 29.1 Å². The summed E-state index contributed by atoms with van der Waals surface area (Å²) in [6.07, 6.45) is -0.879. The standard InChI is InChI=1S/C10H8O4/c1-6(11)13-10-8-5-3-2-4-7(8)9(12)14-10/h2-5,10H,1H3/t10-/m0/s1. The zero-order valence-electron chi connectivity index (χ0n) is 7.52. The van der Waals surface area contributed by atoms with Gasteiger partial charge in [-0.25, -0.2) is 4.79 Å². The Labute approximate surface area is 80.4 Å². The fraction of sp³-hybridized carbons (Fsp3) is 0.200. The van der Waals surface area contributed by atoms with E-state index in [2.05, 4.69) is 0 Å². The number of hydrogen-bond donors (Lipinski definition) is 0. The summed E-state index contributed by atoms with van der Waals surface area (Å²) < 4.78 is 9.69. The molecule has 0 saturated carbocycles. The SMILES string of the molecule is CC(=O)O[C@H]1OC(=O)c2ccccc21. The number of carbonyl (C=O) groups excluding carboxylic acids is 2. The molecule has 0 amide bonds. The van der Waals surface area contributed by atoms with E-state index in [0.29, 0.717) is 11.1 Å². The van der Waals surface area contributed by atoms with E-state index in [4.69, 9.17) is 9.47 Å². The maximum Gasteiger partial charge on any atom is 0.342 e. The van der Waals surface area contributed by atoms with Gasteiger partial charge in [0, 0.05) is 12.5 Å². The van der Waals surface area contributed by atoms with Crippen LogP contribution in [0.4, 0.5) is 0 Å². The number of fused-ring (bicyclic) bond motifs is 1. The van der Waals surface area contributed by atoms with E-state index in [-0.39, 0.29) is 0 Å². The van der Waals surface area contributed by atoms with E-state index in [1.165, 1.54) is 6.92 Å². The van der Waals surface area contributed by atoms with Crippen molar-refractivity contribution in [2.24, 2.45) is 0 Å². The number of carbonyl (C=O) groups is 2. The molecule has 0 aromatic heterocycles. The fourth-order valence-corrected chi connectivity index (χ4v) is 1.35. The molecule has 14 heavy (non-hydrogen) atoms. The highest BCUT2D eigenvalue weighted by Crippen LogP contribution is 2.30. The first-order valence-electron chi connectivity index (χ1n) is 4.15.